The summed E-state index contributed by atoms with van der Waals surface area (Å²) in [6, 6.07) is 16.6. The Labute approximate surface area is 129 Å². The van der Waals surface area contributed by atoms with Crippen LogP contribution >= 0.6 is 24.4 Å². The highest BCUT2D eigenvalue weighted by Crippen LogP contribution is 2.16. The van der Waals surface area contributed by atoms with Crippen molar-refractivity contribution in [3.63, 3.8) is 0 Å². The zero-order valence-corrected chi connectivity index (χ0v) is 12.4. The summed E-state index contributed by atoms with van der Waals surface area (Å²) >= 11 is 10.3. The molecule has 20 heavy (non-hydrogen) atoms. The number of hydrogen-bond donors (Lipinski definition) is 2. The van der Waals surface area contributed by atoms with E-state index in [4.69, 9.17) is 11.6 Å². The van der Waals surface area contributed by atoms with Crippen LogP contribution in [0.2, 0.25) is 5.02 Å². The van der Waals surface area contributed by atoms with E-state index in [1.807, 2.05) is 54.6 Å². The number of hydrogen-bond acceptors (Lipinski definition) is 2. The van der Waals surface area contributed by atoms with E-state index in [1.165, 1.54) is 4.31 Å². The Morgan fingerprint density at radius 1 is 1.10 bits per heavy atom. The summed E-state index contributed by atoms with van der Waals surface area (Å²) < 4.78 is 1.28. The summed E-state index contributed by atoms with van der Waals surface area (Å²) in [6.45, 7) is 0.506. The van der Waals surface area contributed by atoms with Crippen molar-refractivity contribution >= 4 is 36.1 Å². The maximum atomic E-state index is 11.9. The topological polar surface area (TPSA) is 32.3 Å². The number of rotatable bonds is 4. The van der Waals surface area contributed by atoms with Gasteiger partial charge in [-0.15, -0.1) is 0 Å². The largest absolute Gasteiger partial charge is 0.337 e. The van der Waals surface area contributed by atoms with Crippen molar-refractivity contribution in [1.29, 1.82) is 0 Å². The predicted molar refractivity (Wildman–Crippen MR) is 86.5 cm³/mol. The van der Waals surface area contributed by atoms with Crippen molar-refractivity contribution in [1.82, 2.24) is 5.32 Å². The number of amides is 2. The molecule has 0 aliphatic heterocycles. The summed E-state index contributed by atoms with van der Waals surface area (Å²) in [5.74, 6) is 0. The minimum Gasteiger partial charge on any atom is -0.337 e. The first-order valence-corrected chi connectivity index (χ1v) is 7.01. The number of halogens is 1. The minimum atomic E-state index is -0.258. The minimum absolute atomic E-state index is 0.258. The molecule has 0 saturated carbocycles. The van der Waals surface area contributed by atoms with Crippen molar-refractivity contribution in [2.45, 2.75) is 6.42 Å². The molecule has 0 spiro atoms. The van der Waals surface area contributed by atoms with Gasteiger partial charge in [-0.3, -0.25) is 0 Å². The molecule has 0 aliphatic carbocycles. The third kappa shape index (κ3) is 3.92. The highest BCUT2D eigenvalue weighted by Gasteiger charge is 2.10. The number of urea groups is 1. The first kappa shape index (κ1) is 14.8. The van der Waals surface area contributed by atoms with Gasteiger partial charge in [-0.25, -0.2) is 9.10 Å². The Hall–Kier alpha value is -1.65. The third-order valence-corrected chi connectivity index (χ3v) is 3.60. The van der Waals surface area contributed by atoms with E-state index in [0.717, 1.165) is 11.3 Å². The Bertz CT molecular complexity index is 577. The Kier molecular flexibility index (Phi) is 5.32. The fourth-order valence-corrected chi connectivity index (χ4v) is 2.20. The number of carbonyl (C=O) groups is 1. The Morgan fingerprint density at radius 2 is 1.75 bits per heavy atom. The smallest absolute Gasteiger partial charge is 0.331 e. The van der Waals surface area contributed by atoms with Crippen LogP contribution in [0, 0.1) is 0 Å². The van der Waals surface area contributed by atoms with Gasteiger partial charge in [-0.05, 0) is 30.2 Å². The van der Waals surface area contributed by atoms with Crippen LogP contribution in [0.3, 0.4) is 0 Å². The van der Waals surface area contributed by atoms with Crippen molar-refractivity contribution < 1.29 is 4.79 Å². The highest BCUT2D eigenvalue weighted by atomic mass is 35.5. The predicted octanol–water partition coefficient (Wildman–Crippen LogP) is 3.94. The summed E-state index contributed by atoms with van der Waals surface area (Å²) in [5, 5.41) is 3.52. The van der Waals surface area contributed by atoms with Gasteiger partial charge < -0.3 is 5.32 Å². The molecule has 0 bridgehead atoms. The molecule has 0 aliphatic rings. The molecule has 0 heterocycles. The molecule has 104 valence electrons. The van der Waals surface area contributed by atoms with E-state index < -0.39 is 0 Å². The average Bonchev–Trinajstić information content (AvgIpc) is 2.49. The SMILES string of the molecule is O=C(NCCc1ccccc1Cl)N(S)c1ccccc1. The van der Waals surface area contributed by atoms with Crippen molar-refractivity contribution in [2.24, 2.45) is 0 Å². The molecule has 0 aromatic heterocycles. The van der Waals surface area contributed by atoms with Gasteiger partial charge in [0.1, 0.15) is 0 Å². The fourth-order valence-electron chi connectivity index (χ4n) is 1.77. The zero-order valence-electron chi connectivity index (χ0n) is 10.8. The Morgan fingerprint density at radius 3 is 2.45 bits per heavy atom. The molecule has 2 rings (SSSR count). The monoisotopic (exact) mass is 306 g/mol. The average molecular weight is 307 g/mol. The van der Waals surface area contributed by atoms with E-state index in [2.05, 4.69) is 18.1 Å². The molecule has 2 aromatic carbocycles. The first-order chi connectivity index (χ1) is 9.68. The van der Waals surface area contributed by atoms with E-state index in [9.17, 15) is 4.79 Å². The fraction of sp³-hybridized carbons (Fsp3) is 0.133. The lowest BCUT2D eigenvalue weighted by molar-refractivity contribution is 0.250. The van der Waals surface area contributed by atoms with Gasteiger partial charge >= 0.3 is 6.03 Å². The number of thiol groups is 1. The van der Waals surface area contributed by atoms with E-state index >= 15 is 0 Å². The molecule has 0 atom stereocenters. The maximum Gasteiger partial charge on any atom is 0.331 e. The second kappa shape index (κ2) is 7.22. The quantitative estimate of drug-likeness (QED) is 0.824. The molecule has 0 radical (unpaired) electrons. The lowest BCUT2D eigenvalue weighted by Crippen LogP contribution is -2.35. The molecular weight excluding hydrogens is 292 g/mol. The number of benzene rings is 2. The zero-order chi connectivity index (χ0) is 14.4. The van der Waals surface area contributed by atoms with Crippen LogP contribution in [-0.2, 0) is 6.42 Å². The van der Waals surface area contributed by atoms with Crippen LogP contribution in [0.1, 0.15) is 5.56 Å². The number of nitrogens with zero attached hydrogens (tertiary/aromatic N) is 1. The van der Waals surface area contributed by atoms with Gasteiger partial charge in [-0.2, -0.15) is 0 Å². The van der Waals surface area contributed by atoms with Gasteiger partial charge in [0.05, 0.1) is 5.69 Å². The van der Waals surface area contributed by atoms with E-state index in [-0.39, 0.29) is 6.03 Å². The Balaban J connectivity index is 1.85. The summed E-state index contributed by atoms with van der Waals surface area (Å²) in [4.78, 5) is 11.9. The number of para-hydroxylation sites is 1. The molecule has 2 aromatic rings. The molecule has 1 N–H and O–H groups in total. The second-order valence-corrected chi connectivity index (χ2v) is 5.03. The molecular formula is C15H15ClN2OS. The van der Waals surface area contributed by atoms with Crippen LogP contribution in [0.4, 0.5) is 10.5 Å². The molecule has 3 nitrogen and oxygen atoms in total. The van der Waals surface area contributed by atoms with E-state index in [1.54, 1.807) is 0 Å². The number of carbonyl (C=O) groups excluding carboxylic acids is 1. The lowest BCUT2D eigenvalue weighted by atomic mass is 10.1. The molecule has 0 fully saturated rings. The molecule has 0 unspecified atom stereocenters. The number of anilines is 1. The molecule has 5 heteroatoms. The summed E-state index contributed by atoms with van der Waals surface area (Å²) in [6.07, 6.45) is 0.682. The van der Waals surface area contributed by atoms with Gasteiger partial charge in [0.15, 0.2) is 0 Å². The number of nitrogens with one attached hydrogen (secondary N) is 1. The van der Waals surface area contributed by atoms with Gasteiger partial charge in [0.2, 0.25) is 0 Å². The van der Waals surface area contributed by atoms with Crippen LogP contribution < -0.4 is 9.62 Å². The lowest BCUT2D eigenvalue weighted by Gasteiger charge is -2.16. The molecule has 2 amide bonds. The standard InChI is InChI=1S/C15H15ClN2OS/c16-14-9-5-4-6-12(14)10-11-17-15(19)18(20)13-7-2-1-3-8-13/h1-9,20H,10-11H2,(H,17,19). The van der Waals surface area contributed by atoms with E-state index in [0.29, 0.717) is 18.0 Å². The van der Waals surface area contributed by atoms with Crippen LogP contribution in [-0.4, -0.2) is 12.6 Å². The summed E-state index contributed by atoms with van der Waals surface area (Å²) in [5.41, 5.74) is 1.74. The highest BCUT2D eigenvalue weighted by molar-refractivity contribution is 7.82. The summed E-state index contributed by atoms with van der Waals surface area (Å²) in [7, 11) is 0. The van der Waals surface area contributed by atoms with Gasteiger partial charge in [0.25, 0.3) is 0 Å². The van der Waals surface area contributed by atoms with Crippen LogP contribution in [0.25, 0.3) is 0 Å². The third-order valence-electron chi connectivity index (χ3n) is 2.82. The maximum absolute atomic E-state index is 11.9. The van der Waals surface area contributed by atoms with Crippen molar-refractivity contribution in [3.8, 4) is 0 Å². The van der Waals surface area contributed by atoms with Gasteiger partial charge in [-0.1, -0.05) is 60.8 Å². The van der Waals surface area contributed by atoms with Crippen molar-refractivity contribution in [2.75, 3.05) is 10.8 Å². The van der Waals surface area contributed by atoms with Crippen molar-refractivity contribution in [3.05, 3.63) is 65.2 Å². The van der Waals surface area contributed by atoms with Crippen LogP contribution in [0.15, 0.2) is 54.6 Å². The van der Waals surface area contributed by atoms with Gasteiger partial charge in [0, 0.05) is 11.6 Å². The molecule has 0 saturated heterocycles. The second-order valence-electron chi connectivity index (χ2n) is 4.22. The first-order valence-electron chi connectivity index (χ1n) is 6.24. The normalized spacial score (nSPS) is 10.1. The van der Waals surface area contributed by atoms with Crippen LogP contribution in [0.5, 0.6) is 0 Å².